The second-order valence-corrected chi connectivity index (χ2v) is 9.61. The topological polar surface area (TPSA) is 96.3 Å². The van der Waals surface area contributed by atoms with Crippen molar-refractivity contribution in [1.82, 2.24) is 4.72 Å². The van der Waals surface area contributed by atoms with Crippen LogP contribution in [-0.4, -0.2) is 27.2 Å². The number of benzene rings is 2. The Hall–Kier alpha value is -2.99. The number of carbonyl (C=O) groups is 1. The second-order valence-electron chi connectivity index (χ2n) is 6.61. The lowest BCUT2D eigenvalue weighted by atomic mass is 9.99. The Morgan fingerprint density at radius 3 is 2.53 bits per heavy atom. The van der Waals surface area contributed by atoms with Crippen molar-refractivity contribution in [1.29, 1.82) is 5.26 Å². The molecule has 6 nitrogen and oxygen atoms in total. The maximum Gasteiger partial charge on any atom is 0.348 e. The van der Waals surface area contributed by atoms with Crippen molar-refractivity contribution in [3.63, 3.8) is 0 Å². The Morgan fingerprint density at radius 1 is 1.10 bits per heavy atom. The van der Waals surface area contributed by atoms with Crippen LogP contribution in [0, 0.1) is 11.3 Å². The molecule has 2 aromatic carbocycles. The standard InChI is InChI=1S/C22H20N2O4S2/c1-30(26,27)24-13-12-19-10-11-21(29-19)22(25)28-15-16-6-8-17(9-7-16)20-5-3-2-4-18(20)14-23/h2-11,24H,12-13,15H2,1H3. The predicted molar refractivity (Wildman–Crippen MR) is 117 cm³/mol. The number of esters is 1. The van der Waals surface area contributed by atoms with Crippen LogP contribution in [0.4, 0.5) is 0 Å². The first-order chi connectivity index (χ1) is 14.4. The molecule has 0 fully saturated rings. The summed E-state index contributed by atoms with van der Waals surface area (Å²) < 4.78 is 30.0. The Bertz CT molecular complexity index is 1180. The number of nitriles is 1. The summed E-state index contributed by atoms with van der Waals surface area (Å²) in [6.07, 6.45) is 1.62. The maximum atomic E-state index is 12.3. The first-order valence-corrected chi connectivity index (χ1v) is 11.9. The fourth-order valence-corrected chi connectivity index (χ4v) is 4.19. The van der Waals surface area contributed by atoms with Crippen LogP contribution in [0.1, 0.15) is 25.7 Å². The summed E-state index contributed by atoms with van der Waals surface area (Å²) in [5.74, 6) is -0.416. The van der Waals surface area contributed by atoms with Crippen LogP contribution in [0.25, 0.3) is 11.1 Å². The Kier molecular flexibility index (Phi) is 7.00. The minimum atomic E-state index is -3.22. The highest BCUT2D eigenvalue weighted by Crippen LogP contribution is 2.24. The molecule has 0 aliphatic rings. The van der Waals surface area contributed by atoms with Crippen LogP contribution < -0.4 is 4.72 Å². The largest absolute Gasteiger partial charge is 0.457 e. The lowest BCUT2D eigenvalue weighted by molar-refractivity contribution is 0.0478. The summed E-state index contributed by atoms with van der Waals surface area (Å²) in [6.45, 7) is 0.428. The van der Waals surface area contributed by atoms with Gasteiger partial charge in [0.05, 0.1) is 17.9 Å². The van der Waals surface area contributed by atoms with Crippen LogP contribution >= 0.6 is 11.3 Å². The number of thiophene rings is 1. The molecule has 0 radical (unpaired) electrons. The van der Waals surface area contributed by atoms with E-state index in [-0.39, 0.29) is 13.2 Å². The molecular formula is C22H20N2O4S2. The molecule has 3 rings (SSSR count). The molecule has 0 bridgehead atoms. The van der Waals surface area contributed by atoms with E-state index in [9.17, 15) is 18.5 Å². The van der Waals surface area contributed by atoms with E-state index >= 15 is 0 Å². The molecule has 8 heteroatoms. The molecule has 0 unspecified atom stereocenters. The van der Waals surface area contributed by atoms with Gasteiger partial charge in [-0.15, -0.1) is 11.3 Å². The highest BCUT2D eigenvalue weighted by Gasteiger charge is 2.12. The molecule has 3 aromatic rings. The summed E-state index contributed by atoms with van der Waals surface area (Å²) >= 11 is 1.29. The molecule has 0 saturated carbocycles. The van der Waals surface area contributed by atoms with Crippen LogP contribution in [0.3, 0.4) is 0 Å². The van der Waals surface area contributed by atoms with Gasteiger partial charge < -0.3 is 4.74 Å². The van der Waals surface area contributed by atoms with Gasteiger partial charge in [-0.2, -0.15) is 5.26 Å². The van der Waals surface area contributed by atoms with E-state index in [1.165, 1.54) is 11.3 Å². The van der Waals surface area contributed by atoms with E-state index in [0.29, 0.717) is 16.9 Å². The zero-order valence-electron chi connectivity index (χ0n) is 16.3. The number of hydrogen-bond acceptors (Lipinski definition) is 6. The Labute approximate surface area is 179 Å². The van der Waals surface area contributed by atoms with Crippen molar-refractivity contribution < 1.29 is 17.9 Å². The van der Waals surface area contributed by atoms with Gasteiger partial charge in [-0.25, -0.2) is 17.9 Å². The van der Waals surface area contributed by atoms with Gasteiger partial charge in [0.25, 0.3) is 0 Å². The van der Waals surface area contributed by atoms with Gasteiger partial charge in [0.1, 0.15) is 11.5 Å². The zero-order chi connectivity index (χ0) is 21.6. The number of ether oxygens (including phenoxy) is 1. The van der Waals surface area contributed by atoms with Gasteiger partial charge in [-0.3, -0.25) is 0 Å². The SMILES string of the molecule is CS(=O)(=O)NCCc1ccc(C(=O)OCc2ccc(-c3ccccc3C#N)cc2)s1. The van der Waals surface area contributed by atoms with Gasteiger partial charge in [0.15, 0.2) is 0 Å². The molecule has 0 aliphatic carbocycles. The predicted octanol–water partition coefficient (Wildman–Crippen LogP) is 3.74. The van der Waals surface area contributed by atoms with Crippen LogP contribution in [-0.2, 0) is 27.8 Å². The third-order valence-electron chi connectivity index (χ3n) is 4.28. The van der Waals surface area contributed by atoms with E-state index in [4.69, 9.17) is 4.74 Å². The van der Waals surface area contributed by atoms with E-state index in [1.807, 2.05) is 42.5 Å². The highest BCUT2D eigenvalue weighted by molar-refractivity contribution is 7.88. The zero-order valence-corrected chi connectivity index (χ0v) is 17.9. The maximum absolute atomic E-state index is 12.3. The average molecular weight is 441 g/mol. The average Bonchev–Trinajstić information content (AvgIpc) is 3.20. The van der Waals surface area contributed by atoms with Crippen molar-refractivity contribution in [3.05, 3.63) is 81.5 Å². The second kappa shape index (κ2) is 9.67. The number of rotatable bonds is 8. The van der Waals surface area contributed by atoms with Gasteiger partial charge in [0, 0.05) is 11.4 Å². The van der Waals surface area contributed by atoms with Crippen molar-refractivity contribution in [2.24, 2.45) is 0 Å². The third kappa shape index (κ3) is 6.00. The quantitative estimate of drug-likeness (QED) is 0.538. The van der Waals surface area contributed by atoms with Gasteiger partial charge in [-0.05, 0) is 41.3 Å². The molecule has 0 spiro atoms. The van der Waals surface area contributed by atoms with E-state index in [1.54, 1.807) is 18.2 Å². The Morgan fingerprint density at radius 2 is 1.83 bits per heavy atom. The number of hydrogen-bond donors (Lipinski definition) is 1. The molecule has 1 N–H and O–H groups in total. The van der Waals surface area contributed by atoms with Crippen LogP contribution in [0.2, 0.25) is 0 Å². The fourth-order valence-electron chi connectivity index (χ4n) is 2.81. The van der Waals surface area contributed by atoms with Crippen LogP contribution in [0.5, 0.6) is 0 Å². The minimum absolute atomic E-state index is 0.141. The van der Waals surface area contributed by atoms with Gasteiger partial charge in [0.2, 0.25) is 10.0 Å². The summed E-state index contributed by atoms with van der Waals surface area (Å²) in [5, 5.41) is 9.24. The summed E-state index contributed by atoms with van der Waals surface area (Å²) in [4.78, 5) is 13.7. The highest BCUT2D eigenvalue weighted by atomic mass is 32.2. The van der Waals surface area contributed by atoms with Crippen LogP contribution in [0.15, 0.2) is 60.7 Å². The van der Waals surface area contributed by atoms with Gasteiger partial charge >= 0.3 is 5.97 Å². The molecule has 1 heterocycles. The van der Waals surface area contributed by atoms with Crippen molar-refractivity contribution >= 4 is 27.3 Å². The minimum Gasteiger partial charge on any atom is -0.457 e. The summed E-state index contributed by atoms with van der Waals surface area (Å²) in [6, 6.07) is 20.6. The normalized spacial score (nSPS) is 11.1. The van der Waals surface area contributed by atoms with E-state index in [2.05, 4.69) is 10.8 Å². The van der Waals surface area contributed by atoms with E-state index < -0.39 is 16.0 Å². The molecule has 0 amide bonds. The molecule has 154 valence electrons. The number of nitrogens with one attached hydrogen (secondary N) is 1. The Balaban J connectivity index is 1.56. The molecule has 30 heavy (non-hydrogen) atoms. The van der Waals surface area contributed by atoms with Gasteiger partial charge in [-0.1, -0.05) is 42.5 Å². The monoisotopic (exact) mass is 440 g/mol. The third-order valence-corrected chi connectivity index (χ3v) is 6.13. The molecule has 0 saturated heterocycles. The lowest BCUT2D eigenvalue weighted by Gasteiger charge is -2.07. The number of nitrogens with zero attached hydrogens (tertiary/aromatic N) is 1. The summed E-state index contributed by atoms with van der Waals surface area (Å²) in [5.41, 5.74) is 3.24. The number of carbonyl (C=O) groups excluding carboxylic acids is 1. The molecule has 1 aromatic heterocycles. The van der Waals surface area contributed by atoms with Crippen molar-refractivity contribution in [3.8, 4) is 17.2 Å². The smallest absolute Gasteiger partial charge is 0.348 e. The number of sulfonamides is 1. The summed E-state index contributed by atoms with van der Waals surface area (Å²) in [7, 11) is -3.22. The molecule has 0 aliphatic heterocycles. The van der Waals surface area contributed by atoms with Crippen molar-refractivity contribution in [2.45, 2.75) is 13.0 Å². The fraction of sp³-hybridized carbons (Fsp3) is 0.182. The first kappa shape index (κ1) is 21.7. The van der Waals surface area contributed by atoms with E-state index in [0.717, 1.165) is 27.8 Å². The molecular weight excluding hydrogens is 420 g/mol. The van der Waals surface area contributed by atoms with Crippen molar-refractivity contribution in [2.75, 3.05) is 12.8 Å². The first-order valence-electron chi connectivity index (χ1n) is 9.14. The lowest BCUT2D eigenvalue weighted by Crippen LogP contribution is -2.23. The molecule has 0 atom stereocenters.